The van der Waals surface area contributed by atoms with Gasteiger partial charge in [0.15, 0.2) is 17.3 Å². The summed E-state index contributed by atoms with van der Waals surface area (Å²) < 4.78 is 27.1. The SMILES string of the molecule is CCOC(=O)Cc1nnnn1CCC[C@H]1O[C@H](c2cccc(OC)c2OC)c2cc(Cl)ccc2-n2cccc21. The average molecular weight is 552 g/mol. The molecule has 1 aliphatic rings. The molecule has 0 aliphatic carbocycles. The number of halogens is 1. The molecule has 0 N–H and O–H groups in total. The summed E-state index contributed by atoms with van der Waals surface area (Å²) in [4.78, 5) is 11.9. The van der Waals surface area contributed by atoms with Crippen LogP contribution < -0.4 is 9.47 Å². The first-order chi connectivity index (χ1) is 19.0. The van der Waals surface area contributed by atoms with Gasteiger partial charge in [0, 0.05) is 28.9 Å². The standard InChI is InChI=1S/C28H30ClN5O5/c1-4-38-26(35)17-25-30-31-32-34(25)15-7-11-23-22-9-6-14-33(22)21-13-12-18(29)16-20(21)27(39-23)19-8-5-10-24(36-2)28(19)37-3/h5-6,8-10,12-14,16,23,27H,4,7,11,15,17H2,1-3H3/t23-,27-/m1/s1. The van der Waals surface area contributed by atoms with Crippen LogP contribution in [0, 0.1) is 0 Å². The number of aryl methyl sites for hydroxylation is 1. The molecule has 0 unspecified atom stereocenters. The first-order valence-electron chi connectivity index (χ1n) is 12.8. The van der Waals surface area contributed by atoms with Crippen LogP contribution in [-0.4, -0.2) is 51.6 Å². The first-order valence-corrected chi connectivity index (χ1v) is 13.2. The highest BCUT2D eigenvalue weighted by molar-refractivity contribution is 6.30. The van der Waals surface area contributed by atoms with Gasteiger partial charge in [-0.15, -0.1) is 5.10 Å². The van der Waals surface area contributed by atoms with Gasteiger partial charge < -0.3 is 23.5 Å². The Labute approximate surface area is 231 Å². The van der Waals surface area contributed by atoms with E-state index in [1.807, 2.05) is 48.7 Å². The largest absolute Gasteiger partial charge is 0.493 e. The van der Waals surface area contributed by atoms with Crippen LogP contribution in [0.2, 0.25) is 5.02 Å². The maximum atomic E-state index is 11.9. The fourth-order valence-electron chi connectivity index (χ4n) is 5.00. The van der Waals surface area contributed by atoms with E-state index >= 15 is 0 Å². The van der Waals surface area contributed by atoms with E-state index in [9.17, 15) is 4.79 Å². The molecule has 2 aromatic heterocycles. The van der Waals surface area contributed by atoms with Crippen molar-refractivity contribution in [3.05, 3.63) is 82.4 Å². The number of para-hydroxylation sites is 1. The van der Waals surface area contributed by atoms with Gasteiger partial charge in [0.25, 0.3) is 0 Å². The van der Waals surface area contributed by atoms with Gasteiger partial charge in [0.05, 0.1) is 38.3 Å². The molecule has 0 radical (unpaired) electrons. The number of tetrazole rings is 1. The van der Waals surface area contributed by atoms with Gasteiger partial charge in [-0.05, 0) is 66.6 Å². The molecule has 0 spiro atoms. The summed E-state index contributed by atoms with van der Waals surface area (Å²) >= 11 is 6.49. The van der Waals surface area contributed by atoms with Crippen molar-refractivity contribution in [1.29, 1.82) is 0 Å². The monoisotopic (exact) mass is 551 g/mol. The van der Waals surface area contributed by atoms with Gasteiger partial charge in [0.1, 0.15) is 12.5 Å². The van der Waals surface area contributed by atoms with Gasteiger partial charge in [-0.2, -0.15) is 0 Å². The van der Waals surface area contributed by atoms with Crippen LogP contribution in [0.3, 0.4) is 0 Å². The molecule has 0 amide bonds. The first kappa shape index (κ1) is 26.7. The van der Waals surface area contributed by atoms with E-state index in [-0.39, 0.29) is 18.5 Å². The van der Waals surface area contributed by atoms with Gasteiger partial charge in [0.2, 0.25) is 0 Å². The minimum Gasteiger partial charge on any atom is -0.493 e. The molecule has 5 rings (SSSR count). The Morgan fingerprint density at radius 3 is 2.77 bits per heavy atom. The molecule has 0 saturated heterocycles. The molecule has 3 heterocycles. The molecular weight excluding hydrogens is 522 g/mol. The Bertz CT molecular complexity index is 1450. The lowest BCUT2D eigenvalue weighted by Crippen LogP contribution is -2.15. The van der Waals surface area contributed by atoms with E-state index in [1.54, 1.807) is 25.8 Å². The van der Waals surface area contributed by atoms with Crippen molar-refractivity contribution in [2.75, 3.05) is 20.8 Å². The third kappa shape index (κ3) is 5.48. The second-order valence-corrected chi connectivity index (χ2v) is 9.47. The summed E-state index contributed by atoms with van der Waals surface area (Å²) in [6.07, 6.45) is 2.70. The predicted molar refractivity (Wildman–Crippen MR) is 143 cm³/mol. The summed E-state index contributed by atoms with van der Waals surface area (Å²) in [6.45, 7) is 2.60. The minimum atomic E-state index is -0.471. The number of rotatable bonds is 10. The third-order valence-electron chi connectivity index (χ3n) is 6.71. The number of hydrogen-bond donors (Lipinski definition) is 0. The number of aromatic nitrogens is 5. The Morgan fingerprint density at radius 1 is 1.10 bits per heavy atom. The van der Waals surface area contributed by atoms with Crippen LogP contribution in [0.15, 0.2) is 54.7 Å². The Balaban J connectivity index is 1.46. The lowest BCUT2D eigenvalue weighted by Gasteiger charge is -2.25. The lowest BCUT2D eigenvalue weighted by molar-refractivity contribution is -0.142. The second-order valence-electron chi connectivity index (χ2n) is 9.04. The van der Waals surface area contributed by atoms with E-state index in [0.29, 0.717) is 48.3 Å². The van der Waals surface area contributed by atoms with Crippen molar-refractivity contribution in [2.45, 2.75) is 44.9 Å². The van der Waals surface area contributed by atoms with E-state index in [2.05, 4.69) is 26.2 Å². The number of ether oxygens (including phenoxy) is 4. The smallest absolute Gasteiger partial charge is 0.313 e. The zero-order chi connectivity index (χ0) is 27.4. The lowest BCUT2D eigenvalue weighted by atomic mass is 9.98. The van der Waals surface area contributed by atoms with Crippen LogP contribution in [0.1, 0.15) is 54.6 Å². The Kier molecular flexibility index (Phi) is 8.13. The van der Waals surface area contributed by atoms with Crippen molar-refractivity contribution in [3.8, 4) is 17.2 Å². The van der Waals surface area contributed by atoms with Crippen molar-refractivity contribution in [3.63, 3.8) is 0 Å². The number of nitrogens with zero attached hydrogens (tertiary/aromatic N) is 5. The molecule has 11 heteroatoms. The minimum absolute atomic E-state index is 0.0252. The Hall–Kier alpha value is -3.89. The van der Waals surface area contributed by atoms with Gasteiger partial charge >= 0.3 is 5.97 Å². The normalized spacial score (nSPS) is 16.2. The Morgan fingerprint density at radius 2 is 1.97 bits per heavy atom. The van der Waals surface area contributed by atoms with E-state index in [1.165, 1.54) is 0 Å². The van der Waals surface area contributed by atoms with Gasteiger partial charge in [-0.1, -0.05) is 23.7 Å². The zero-order valence-corrected chi connectivity index (χ0v) is 22.8. The maximum Gasteiger partial charge on any atom is 0.313 e. The summed E-state index contributed by atoms with van der Waals surface area (Å²) in [5, 5.41) is 12.4. The summed E-state index contributed by atoms with van der Waals surface area (Å²) in [7, 11) is 3.24. The van der Waals surface area contributed by atoms with Crippen molar-refractivity contribution >= 4 is 17.6 Å². The predicted octanol–water partition coefficient (Wildman–Crippen LogP) is 4.88. The number of methoxy groups -OCH3 is 2. The van der Waals surface area contributed by atoms with Crippen molar-refractivity contribution in [1.82, 2.24) is 24.8 Å². The fraction of sp³-hybridized carbons (Fsp3) is 0.357. The third-order valence-corrected chi connectivity index (χ3v) is 6.94. The number of carbonyl (C=O) groups is 1. The van der Waals surface area contributed by atoms with Crippen LogP contribution in [-0.2, 0) is 27.2 Å². The molecule has 2 atom stereocenters. The highest BCUT2D eigenvalue weighted by Crippen LogP contribution is 2.46. The topological polar surface area (TPSA) is 103 Å². The molecule has 2 aromatic carbocycles. The molecule has 0 fully saturated rings. The quantitative estimate of drug-likeness (QED) is 0.257. The van der Waals surface area contributed by atoms with Crippen LogP contribution >= 0.6 is 11.6 Å². The van der Waals surface area contributed by atoms with Crippen molar-refractivity contribution in [2.24, 2.45) is 0 Å². The number of esters is 1. The molecule has 0 saturated carbocycles. The van der Waals surface area contributed by atoms with E-state index < -0.39 is 6.10 Å². The molecule has 204 valence electrons. The molecule has 0 bridgehead atoms. The van der Waals surface area contributed by atoms with E-state index in [4.69, 9.17) is 30.5 Å². The zero-order valence-electron chi connectivity index (χ0n) is 22.0. The van der Waals surface area contributed by atoms with E-state index in [0.717, 1.165) is 22.5 Å². The molecule has 39 heavy (non-hydrogen) atoms. The van der Waals surface area contributed by atoms with Gasteiger partial charge in [-0.3, -0.25) is 4.79 Å². The summed E-state index contributed by atoms with van der Waals surface area (Å²) in [5.74, 6) is 1.35. The summed E-state index contributed by atoms with van der Waals surface area (Å²) in [6, 6.07) is 15.7. The summed E-state index contributed by atoms with van der Waals surface area (Å²) in [5.41, 5.74) is 3.76. The molecule has 4 aromatic rings. The number of fused-ring (bicyclic) bond motifs is 3. The highest BCUT2D eigenvalue weighted by atomic mass is 35.5. The second kappa shape index (κ2) is 11.9. The highest BCUT2D eigenvalue weighted by Gasteiger charge is 2.32. The molecule has 1 aliphatic heterocycles. The van der Waals surface area contributed by atoms with Gasteiger partial charge in [-0.25, -0.2) is 4.68 Å². The molecular formula is C28H30ClN5O5. The molecule has 10 nitrogen and oxygen atoms in total. The van der Waals surface area contributed by atoms with Crippen LogP contribution in [0.4, 0.5) is 0 Å². The number of hydrogen-bond acceptors (Lipinski definition) is 8. The number of carbonyl (C=O) groups excluding carboxylic acids is 1. The maximum absolute atomic E-state index is 11.9. The number of benzene rings is 2. The average Bonchev–Trinajstić information content (AvgIpc) is 3.57. The van der Waals surface area contributed by atoms with Crippen molar-refractivity contribution < 1.29 is 23.7 Å². The fourth-order valence-corrected chi connectivity index (χ4v) is 5.18. The van der Waals surface area contributed by atoms with Crippen LogP contribution in [0.25, 0.3) is 5.69 Å². The van der Waals surface area contributed by atoms with Crippen LogP contribution in [0.5, 0.6) is 11.5 Å².